The molecule has 2 aromatic heterocycles. The van der Waals surface area contributed by atoms with Crippen LogP contribution in [0.15, 0.2) is 58.7 Å². The van der Waals surface area contributed by atoms with Crippen molar-refractivity contribution < 1.29 is 14.0 Å². The molecule has 4 aromatic rings. The highest BCUT2D eigenvalue weighted by atomic mass is 35.5. The zero-order valence-corrected chi connectivity index (χ0v) is 19.6. The van der Waals surface area contributed by atoms with Crippen molar-refractivity contribution in [1.82, 2.24) is 9.97 Å². The van der Waals surface area contributed by atoms with E-state index in [1.54, 1.807) is 6.07 Å². The van der Waals surface area contributed by atoms with Crippen LogP contribution in [0.1, 0.15) is 37.6 Å². The third-order valence-corrected chi connectivity index (χ3v) is 6.63. The van der Waals surface area contributed by atoms with Gasteiger partial charge in [0.1, 0.15) is 15.9 Å². The summed E-state index contributed by atoms with van der Waals surface area (Å²) in [6, 6.07) is 11.7. The second-order valence-corrected chi connectivity index (χ2v) is 9.85. The van der Waals surface area contributed by atoms with Gasteiger partial charge in [-0.3, -0.25) is 9.59 Å². The molecule has 2 heterocycles. The minimum atomic E-state index is -0.577. The summed E-state index contributed by atoms with van der Waals surface area (Å²) in [4.78, 5) is 33.5. The SMILES string of the molecule is CC(C)(C)c1[nH]c2ccccc2c1C1=C(Cl)C(=O)C(c2c[nH]c3ccc(F)cc23)=C(Cl)C1=O. The van der Waals surface area contributed by atoms with Gasteiger partial charge in [-0.2, -0.15) is 0 Å². The van der Waals surface area contributed by atoms with E-state index in [1.165, 1.54) is 18.3 Å². The molecule has 33 heavy (non-hydrogen) atoms. The van der Waals surface area contributed by atoms with E-state index in [2.05, 4.69) is 9.97 Å². The Labute approximate surface area is 199 Å². The number of ketones is 2. The van der Waals surface area contributed by atoms with E-state index >= 15 is 0 Å². The van der Waals surface area contributed by atoms with Crippen molar-refractivity contribution in [2.75, 3.05) is 0 Å². The van der Waals surface area contributed by atoms with Crippen LogP contribution in [-0.2, 0) is 15.0 Å². The Balaban J connectivity index is 1.76. The summed E-state index contributed by atoms with van der Waals surface area (Å²) in [6.45, 7) is 6.02. The lowest BCUT2D eigenvalue weighted by molar-refractivity contribution is -0.113. The monoisotopic (exact) mass is 480 g/mol. The molecule has 0 saturated carbocycles. The highest BCUT2D eigenvalue weighted by Crippen LogP contribution is 2.45. The van der Waals surface area contributed by atoms with Gasteiger partial charge in [0, 0.05) is 50.2 Å². The number of H-pyrrole nitrogens is 2. The van der Waals surface area contributed by atoms with Gasteiger partial charge >= 0.3 is 0 Å². The molecule has 4 nitrogen and oxygen atoms in total. The fraction of sp³-hybridized carbons (Fsp3) is 0.154. The number of carbonyl (C=O) groups is 2. The maximum atomic E-state index is 13.9. The molecule has 2 N–H and O–H groups in total. The number of hydrogen-bond acceptors (Lipinski definition) is 2. The molecule has 166 valence electrons. The maximum absolute atomic E-state index is 13.9. The topological polar surface area (TPSA) is 65.7 Å². The molecule has 0 amide bonds. The highest BCUT2D eigenvalue weighted by molar-refractivity contribution is 6.68. The number of para-hydroxylation sites is 1. The van der Waals surface area contributed by atoms with Gasteiger partial charge in [-0.1, -0.05) is 62.2 Å². The van der Waals surface area contributed by atoms with Gasteiger partial charge < -0.3 is 9.97 Å². The predicted molar refractivity (Wildman–Crippen MR) is 131 cm³/mol. The van der Waals surface area contributed by atoms with Crippen LogP contribution in [0.2, 0.25) is 0 Å². The Hall–Kier alpha value is -3.15. The lowest BCUT2D eigenvalue weighted by Gasteiger charge is -2.23. The third-order valence-electron chi connectivity index (χ3n) is 5.91. The summed E-state index contributed by atoms with van der Waals surface area (Å²) in [6.07, 6.45) is 1.54. The quantitative estimate of drug-likeness (QED) is 0.308. The summed E-state index contributed by atoms with van der Waals surface area (Å²) in [5.74, 6) is -1.59. The minimum absolute atomic E-state index is 0.0376. The lowest BCUT2D eigenvalue weighted by Crippen LogP contribution is -2.21. The first-order chi connectivity index (χ1) is 15.6. The van der Waals surface area contributed by atoms with E-state index in [9.17, 15) is 14.0 Å². The summed E-state index contributed by atoms with van der Waals surface area (Å²) in [5.41, 5.74) is 2.79. The Morgan fingerprint density at radius 1 is 0.848 bits per heavy atom. The van der Waals surface area contributed by atoms with Crippen LogP contribution in [0, 0.1) is 5.82 Å². The number of allylic oxidation sites excluding steroid dienone is 4. The zero-order chi connectivity index (χ0) is 23.7. The van der Waals surface area contributed by atoms with E-state index in [0.29, 0.717) is 22.0 Å². The van der Waals surface area contributed by atoms with Gasteiger partial charge in [-0.05, 0) is 24.3 Å². The van der Waals surface area contributed by atoms with Crippen LogP contribution < -0.4 is 0 Å². The van der Waals surface area contributed by atoms with Crippen LogP contribution in [0.3, 0.4) is 0 Å². The van der Waals surface area contributed by atoms with E-state index < -0.39 is 17.4 Å². The largest absolute Gasteiger partial charge is 0.361 e. The normalized spacial score (nSPS) is 15.5. The number of aromatic amines is 2. The van der Waals surface area contributed by atoms with Gasteiger partial charge in [0.15, 0.2) is 0 Å². The molecule has 7 heteroatoms. The molecule has 2 aromatic carbocycles. The summed E-state index contributed by atoms with van der Waals surface area (Å²) in [7, 11) is 0. The fourth-order valence-corrected chi connectivity index (χ4v) is 4.93. The van der Waals surface area contributed by atoms with Crippen LogP contribution in [0.25, 0.3) is 33.0 Å². The molecule has 0 atom stereocenters. The van der Waals surface area contributed by atoms with Crippen LogP contribution >= 0.6 is 23.2 Å². The standard InChI is InChI=1S/C26H19Cl2FN2O2/c1-26(2,3)25-18(13-6-4-5-7-17(13)31-25)20-22(28)23(32)19(21(27)24(20)33)15-11-30-16-9-8-12(29)10-14(15)16/h4-11,30-31H,1-3H3. The summed E-state index contributed by atoms with van der Waals surface area (Å²) < 4.78 is 13.9. The van der Waals surface area contributed by atoms with Crippen molar-refractivity contribution in [3.05, 3.63) is 81.4 Å². The van der Waals surface area contributed by atoms with E-state index in [0.717, 1.165) is 16.6 Å². The van der Waals surface area contributed by atoms with Crippen molar-refractivity contribution in [2.45, 2.75) is 26.2 Å². The number of carbonyl (C=O) groups excluding carboxylic acids is 2. The molecule has 0 radical (unpaired) electrons. The average molecular weight is 481 g/mol. The molecule has 1 aliphatic carbocycles. The number of fused-ring (bicyclic) bond motifs is 2. The predicted octanol–water partition coefficient (Wildman–Crippen LogP) is 6.84. The van der Waals surface area contributed by atoms with Crippen molar-refractivity contribution in [2.24, 2.45) is 0 Å². The molecular weight excluding hydrogens is 462 g/mol. The fourth-order valence-electron chi connectivity index (χ4n) is 4.37. The molecule has 0 spiro atoms. The molecule has 0 unspecified atom stereocenters. The zero-order valence-electron chi connectivity index (χ0n) is 18.1. The first-order valence-corrected chi connectivity index (χ1v) is 11.1. The van der Waals surface area contributed by atoms with E-state index in [1.807, 2.05) is 45.0 Å². The molecular formula is C26H19Cl2FN2O2. The Bertz CT molecular complexity index is 1560. The first kappa shape index (κ1) is 21.7. The number of Topliss-reactive ketones (excluding diaryl/α,β-unsaturated/α-hetero) is 2. The average Bonchev–Trinajstić information content (AvgIpc) is 3.35. The number of hydrogen-bond donors (Lipinski definition) is 2. The van der Waals surface area contributed by atoms with Gasteiger partial charge in [-0.25, -0.2) is 4.39 Å². The number of rotatable bonds is 2. The molecule has 0 saturated heterocycles. The van der Waals surface area contributed by atoms with Crippen LogP contribution in [0.4, 0.5) is 4.39 Å². The van der Waals surface area contributed by atoms with Crippen LogP contribution in [0.5, 0.6) is 0 Å². The van der Waals surface area contributed by atoms with Gasteiger partial charge in [0.2, 0.25) is 11.6 Å². The van der Waals surface area contributed by atoms with Crippen molar-refractivity contribution >= 4 is 67.7 Å². The molecule has 0 bridgehead atoms. The Morgan fingerprint density at radius 3 is 2.24 bits per heavy atom. The van der Waals surface area contributed by atoms with Gasteiger partial charge in [0.05, 0.1) is 11.1 Å². The maximum Gasteiger partial charge on any atom is 0.207 e. The molecule has 5 rings (SSSR count). The third kappa shape index (κ3) is 3.26. The number of benzene rings is 2. The van der Waals surface area contributed by atoms with E-state index in [-0.39, 0.29) is 26.6 Å². The number of aromatic nitrogens is 2. The van der Waals surface area contributed by atoms with E-state index in [4.69, 9.17) is 23.2 Å². The van der Waals surface area contributed by atoms with Crippen LogP contribution in [-0.4, -0.2) is 21.5 Å². The Kier molecular flexibility index (Phi) is 4.89. The van der Waals surface area contributed by atoms with Crippen molar-refractivity contribution in [1.29, 1.82) is 0 Å². The smallest absolute Gasteiger partial charge is 0.207 e. The van der Waals surface area contributed by atoms with Gasteiger partial charge in [0.25, 0.3) is 0 Å². The lowest BCUT2D eigenvalue weighted by atomic mass is 9.82. The second kappa shape index (κ2) is 7.44. The molecule has 0 fully saturated rings. The van der Waals surface area contributed by atoms with Crippen molar-refractivity contribution in [3.63, 3.8) is 0 Å². The second-order valence-electron chi connectivity index (χ2n) is 9.10. The first-order valence-electron chi connectivity index (χ1n) is 10.4. The highest BCUT2D eigenvalue weighted by Gasteiger charge is 2.38. The molecule has 0 aliphatic heterocycles. The van der Waals surface area contributed by atoms with Crippen molar-refractivity contribution in [3.8, 4) is 0 Å². The minimum Gasteiger partial charge on any atom is -0.361 e. The summed E-state index contributed by atoms with van der Waals surface area (Å²) >= 11 is 13.2. The number of halogens is 3. The van der Waals surface area contributed by atoms with Gasteiger partial charge in [-0.15, -0.1) is 0 Å². The summed E-state index contributed by atoms with van der Waals surface area (Å²) in [5, 5.41) is 0.772. The number of nitrogens with one attached hydrogen (secondary N) is 2. The molecule has 1 aliphatic rings. The Morgan fingerprint density at radius 2 is 1.52 bits per heavy atom.